The van der Waals surface area contributed by atoms with Gasteiger partial charge in [0.15, 0.2) is 0 Å². The number of aromatic nitrogens is 1. The lowest BCUT2D eigenvalue weighted by molar-refractivity contribution is -0.122. The number of aromatic carboxylic acids is 1. The van der Waals surface area contributed by atoms with E-state index in [1.165, 1.54) is 18.3 Å². The van der Waals surface area contributed by atoms with E-state index in [4.69, 9.17) is 10.8 Å². The zero-order valence-electron chi connectivity index (χ0n) is 12.5. The molecule has 0 saturated carbocycles. The maximum absolute atomic E-state index is 11.9. The molecule has 1 heterocycles. The molecule has 21 heavy (non-hydrogen) atoms. The van der Waals surface area contributed by atoms with Gasteiger partial charge < -0.3 is 16.2 Å². The van der Waals surface area contributed by atoms with Crippen molar-refractivity contribution in [2.45, 2.75) is 33.2 Å². The highest BCUT2D eigenvalue weighted by Gasteiger charge is 2.14. The van der Waals surface area contributed by atoms with Crippen LogP contribution in [0.15, 0.2) is 18.3 Å². The number of carbonyl (C=O) groups is 2. The molecule has 1 aromatic rings. The van der Waals surface area contributed by atoms with Gasteiger partial charge in [0.25, 0.3) is 0 Å². The summed E-state index contributed by atoms with van der Waals surface area (Å²) in [4.78, 5) is 26.8. The van der Waals surface area contributed by atoms with Crippen LogP contribution in [0.3, 0.4) is 0 Å². The molecular formula is C15H23N3O3. The van der Waals surface area contributed by atoms with E-state index in [1.807, 2.05) is 0 Å². The van der Waals surface area contributed by atoms with Crippen LogP contribution in [0.5, 0.6) is 0 Å². The fourth-order valence-corrected chi connectivity index (χ4v) is 2.16. The summed E-state index contributed by atoms with van der Waals surface area (Å²) in [5.74, 6) is -0.428. The molecule has 4 N–H and O–H groups in total. The van der Waals surface area contributed by atoms with Gasteiger partial charge in [0.05, 0.1) is 17.8 Å². The molecule has 1 aromatic heterocycles. The Morgan fingerprint density at radius 2 is 2.14 bits per heavy atom. The number of carboxylic acid groups (broad SMARTS) is 1. The highest BCUT2D eigenvalue weighted by Crippen LogP contribution is 2.14. The van der Waals surface area contributed by atoms with Crippen LogP contribution < -0.4 is 11.1 Å². The summed E-state index contributed by atoms with van der Waals surface area (Å²) in [6.45, 7) is 4.90. The zero-order chi connectivity index (χ0) is 15.8. The van der Waals surface area contributed by atoms with Crippen LogP contribution >= 0.6 is 0 Å². The standard InChI is InChI=1S/C15H23N3O3/c1-10(2)5-11(8-16)6-14(19)18-9-13-7-12(15(20)21)3-4-17-13/h3-4,7,10-11H,5-6,8-9,16H2,1-2H3,(H,18,19)(H,20,21)/t11-/m0/s1. The molecule has 0 aliphatic rings. The monoisotopic (exact) mass is 293 g/mol. The van der Waals surface area contributed by atoms with Gasteiger partial charge in [-0.3, -0.25) is 9.78 Å². The number of rotatable bonds is 8. The highest BCUT2D eigenvalue weighted by atomic mass is 16.4. The van der Waals surface area contributed by atoms with Crippen molar-refractivity contribution in [1.82, 2.24) is 10.3 Å². The number of carboxylic acids is 1. The minimum Gasteiger partial charge on any atom is -0.478 e. The Labute approximate surface area is 124 Å². The average molecular weight is 293 g/mol. The van der Waals surface area contributed by atoms with Crippen molar-refractivity contribution < 1.29 is 14.7 Å². The summed E-state index contributed by atoms with van der Waals surface area (Å²) in [7, 11) is 0. The first-order valence-electron chi connectivity index (χ1n) is 7.07. The van der Waals surface area contributed by atoms with Crippen LogP contribution in [0.2, 0.25) is 0 Å². The number of carbonyl (C=O) groups excluding carboxylic acids is 1. The average Bonchev–Trinajstić information content (AvgIpc) is 2.44. The van der Waals surface area contributed by atoms with Gasteiger partial charge in [0, 0.05) is 12.6 Å². The summed E-state index contributed by atoms with van der Waals surface area (Å²) in [6, 6.07) is 2.87. The Balaban J connectivity index is 2.49. The largest absolute Gasteiger partial charge is 0.478 e. The highest BCUT2D eigenvalue weighted by molar-refractivity contribution is 5.87. The summed E-state index contributed by atoms with van der Waals surface area (Å²) in [5.41, 5.74) is 6.36. The van der Waals surface area contributed by atoms with E-state index in [2.05, 4.69) is 24.1 Å². The van der Waals surface area contributed by atoms with E-state index in [-0.39, 0.29) is 23.9 Å². The lowest BCUT2D eigenvalue weighted by atomic mass is 9.94. The first-order valence-corrected chi connectivity index (χ1v) is 7.07. The van der Waals surface area contributed by atoms with Gasteiger partial charge in [-0.1, -0.05) is 13.8 Å². The van der Waals surface area contributed by atoms with E-state index < -0.39 is 5.97 Å². The van der Waals surface area contributed by atoms with Crippen LogP contribution in [0.1, 0.15) is 42.7 Å². The van der Waals surface area contributed by atoms with E-state index >= 15 is 0 Å². The normalized spacial score (nSPS) is 12.2. The van der Waals surface area contributed by atoms with Crippen molar-refractivity contribution >= 4 is 11.9 Å². The molecule has 1 amide bonds. The number of nitrogens with one attached hydrogen (secondary N) is 1. The number of amides is 1. The Kier molecular flexibility index (Phi) is 6.81. The van der Waals surface area contributed by atoms with Gasteiger partial charge in [0.2, 0.25) is 5.91 Å². The van der Waals surface area contributed by atoms with Crippen molar-refractivity contribution in [2.24, 2.45) is 17.6 Å². The molecular weight excluding hydrogens is 270 g/mol. The second-order valence-electron chi connectivity index (χ2n) is 5.55. The number of hydrogen-bond acceptors (Lipinski definition) is 4. The number of nitrogens with two attached hydrogens (primary N) is 1. The Morgan fingerprint density at radius 1 is 1.43 bits per heavy atom. The van der Waals surface area contributed by atoms with E-state index in [0.29, 0.717) is 24.6 Å². The van der Waals surface area contributed by atoms with Gasteiger partial charge in [0.1, 0.15) is 0 Å². The summed E-state index contributed by atoms with van der Waals surface area (Å²) in [6.07, 6.45) is 2.72. The molecule has 0 aliphatic carbocycles. The summed E-state index contributed by atoms with van der Waals surface area (Å²) < 4.78 is 0. The van der Waals surface area contributed by atoms with Crippen LogP contribution in [0.25, 0.3) is 0 Å². The van der Waals surface area contributed by atoms with E-state index in [1.54, 1.807) is 0 Å². The van der Waals surface area contributed by atoms with Crippen LogP contribution in [-0.2, 0) is 11.3 Å². The van der Waals surface area contributed by atoms with Gasteiger partial charge in [-0.15, -0.1) is 0 Å². The lowest BCUT2D eigenvalue weighted by Crippen LogP contribution is -2.28. The SMILES string of the molecule is CC(C)C[C@H](CN)CC(=O)NCc1cc(C(=O)O)ccn1. The first kappa shape index (κ1) is 17.1. The van der Waals surface area contributed by atoms with Crippen molar-refractivity contribution in [1.29, 1.82) is 0 Å². The van der Waals surface area contributed by atoms with Crippen molar-refractivity contribution in [3.63, 3.8) is 0 Å². The minimum absolute atomic E-state index is 0.0892. The molecule has 6 nitrogen and oxygen atoms in total. The Morgan fingerprint density at radius 3 is 2.71 bits per heavy atom. The molecule has 0 bridgehead atoms. The Bertz CT molecular complexity index is 489. The van der Waals surface area contributed by atoms with Gasteiger partial charge in [-0.2, -0.15) is 0 Å². The molecule has 116 valence electrons. The predicted molar refractivity (Wildman–Crippen MR) is 79.7 cm³/mol. The molecule has 0 fully saturated rings. The van der Waals surface area contributed by atoms with Crippen molar-refractivity contribution in [2.75, 3.05) is 6.54 Å². The van der Waals surface area contributed by atoms with Gasteiger partial charge in [-0.05, 0) is 36.9 Å². The van der Waals surface area contributed by atoms with Gasteiger partial charge in [-0.25, -0.2) is 4.79 Å². The minimum atomic E-state index is -1.01. The van der Waals surface area contributed by atoms with Gasteiger partial charge >= 0.3 is 5.97 Å². The molecule has 1 atom stereocenters. The number of hydrogen-bond donors (Lipinski definition) is 3. The zero-order valence-corrected chi connectivity index (χ0v) is 12.5. The fourth-order valence-electron chi connectivity index (χ4n) is 2.16. The number of nitrogens with zero attached hydrogens (tertiary/aromatic N) is 1. The molecule has 0 unspecified atom stereocenters. The van der Waals surface area contributed by atoms with Crippen LogP contribution in [-0.4, -0.2) is 28.5 Å². The topological polar surface area (TPSA) is 105 Å². The van der Waals surface area contributed by atoms with Crippen molar-refractivity contribution in [3.05, 3.63) is 29.6 Å². The fraction of sp³-hybridized carbons (Fsp3) is 0.533. The molecule has 0 aromatic carbocycles. The Hall–Kier alpha value is -1.95. The first-order chi connectivity index (χ1) is 9.92. The third kappa shape index (κ3) is 6.35. The molecule has 1 rings (SSSR count). The molecule has 0 aliphatic heterocycles. The third-order valence-electron chi connectivity index (χ3n) is 3.14. The van der Waals surface area contributed by atoms with E-state index in [0.717, 1.165) is 6.42 Å². The number of pyridine rings is 1. The third-order valence-corrected chi connectivity index (χ3v) is 3.14. The lowest BCUT2D eigenvalue weighted by Gasteiger charge is -2.16. The second-order valence-corrected chi connectivity index (χ2v) is 5.55. The molecule has 6 heteroatoms. The summed E-state index contributed by atoms with van der Waals surface area (Å²) >= 11 is 0. The van der Waals surface area contributed by atoms with Crippen molar-refractivity contribution in [3.8, 4) is 0 Å². The quantitative estimate of drug-likeness (QED) is 0.672. The molecule has 0 radical (unpaired) electrons. The molecule has 0 saturated heterocycles. The second kappa shape index (κ2) is 8.36. The summed E-state index contributed by atoms with van der Waals surface area (Å²) in [5, 5.41) is 11.6. The smallest absolute Gasteiger partial charge is 0.335 e. The van der Waals surface area contributed by atoms with Crippen LogP contribution in [0.4, 0.5) is 0 Å². The maximum atomic E-state index is 11.9. The van der Waals surface area contributed by atoms with E-state index in [9.17, 15) is 9.59 Å². The predicted octanol–water partition coefficient (Wildman–Crippen LogP) is 1.41. The maximum Gasteiger partial charge on any atom is 0.335 e. The molecule has 0 spiro atoms. The van der Waals surface area contributed by atoms with Crippen LogP contribution in [0, 0.1) is 11.8 Å².